The average Bonchev–Trinajstić information content (AvgIpc) is 2.92. The van der Waals surface area contributed by atoms with Crippen LogP contribution in [-0.4, -0.2) is 22.4 Å². The Morgan fingerprint density at radius 2 is 1.51 bits per heavy atom. The SMILES string of the molecule is COc1ccc(Cn2c(Cc3ccccc3)c(C(=O)c3ccccc3)c(=O)c3cccnc32)cc1. The Morgan fingerprint density at radius 3 is 2.20 bits per heavy atom. The number of benzene rings is 3. The third kappa shape index (κ3) is 4.49. The van der Waals surface area contributed by atoms with Gasteiger partial charge in [-0.05, 0) is 35.4 Å². The van der Waals surface area contributed by atoms with Crippen molar-refractivity contribution in [2.75, 3.05) is 7.11 Å². The molecule has 0 saturated heterocycles. The van der Waals surface area contributed by atoms with Gasteiger partial charge in [0.05, 0.1) is 18.1 Å². The van der Waals surface area contributed by atoms with Gasteiger partial charge in [0.15, 0.2) is 5.78 Å². The van der Waals surface area contributed by atoms with Crippen LogP contribution in [0.5, 0.6) is 5.75 Å². The Labute approximate surface area is 203 Å². The molecule has 0 fully saturated rings. The third-order valence-corrected chi connectivity index (χ3v) is 6.11. The largest absolute Gasteiger partial charge is 0.497 e. The lowest BCUT2D eigenvalue weighted by molar-refractivity contribution is 0.103. The first-order chi connectivity index (χ1) is 17.2. The number of nitrogens with zero attached hydrogens (tertiary/aromatic N) is 2. The summed E-state index contributed by atoms with van der Waals surface area (Å²) in [5.74, 6) is 0.483. The molecule has 0 N–H and O–H groups in total. The molecule has 0 aliphatic rings. The topological polar surface area (TPSA) is 61.2 Å². The van der Waals surface area contributed by atoms with E-state index in [9.17, 15) is 9.59 Å². The maximum atomic E-state index is 13.8. The van der Waals surface area contributed by atoms with Crippen molar-refractivity contribution in [1.29, 1.82) is 0 Å². The summed E-state index contributed by atoms with van der Waals surface area (Å²) in [7, 11) is 1.63. The number of pyridine rings is 2. The van der Waals surface area contributed by atoms with Crippen molar-refractivity contribution >= 4 is 16.8 Å². The lowest BCUT2D eigenvalue weighted by Crippen LogP contribution is -2.26. The molecule has 35 heavy (non-hydrogen) atoms. The summed E-state index contributed by atoms with van der Waals surface area (Å²) in [6.07, 6.45) is 2.10. The highest BCUT2D eigenvalue weighted by atomic mass is 16.5. The Balaban J connectivity index is 1.78. The van der Waals surface area contributed by atoms with Crippen LogP contribution < -0.4 is 10.2 Å². The Bertz CT molecular complexity index is 1540. The fraction of sp³-hybridized carbons (Fsp3) is 0.100. The van der Waals surface area contributed by atoms with Gasteiger partial charge >= 0.3 is 0 Å². The molecular weight excluding hydrogens is 436 g/mol. The van der Waals surface area contributed by atoms with Gasteiger partial charge in [-0.3, -0.25) is 9.59 Å². The number of ketones is 1. The number of hydrogen-bond acceptors (Lipinski definition) is 4. The minimum Gasteiger partial charge on any atom is -0.497 e. The quantitative estimate of drug-likeness (QED) is 0.310. The van der Waals surface area contributed by atoms with E-state index in [4.69, 9.17) is 4.74 Å². The van der Waals surface area contributed by atoms with Crippen LogP contribution in [0, 0.1) is 0 Å². The molecule has 0 saturated carbocycles. The summed E-state index contributed by atoms with van der Waals surface area (Å²) in [6.45, 7) is 0.453. The molecule has 2 aromatic heterocycles. The minimum atomic E-state index is -0.293. The zero-order chi connectivity index (χ0) is 24.2. The number of carbonyl (C=O) groups is 1. The smallest absolute Gasteiger partial charge is 0.202 e. The van der Waals surface area contributed by atoms with E-state index in [1.54, 1.807) is 37.6 Å². The lowest BCUT2D eigenvalue weighted by atomic mass is 9.95. The molecule has 0 bridgehead atoms. The fourth-order valence-electron chi connectivity index (χ4n) is 4.34. The van der Waals surface area contributed by atoms with Gasteiger partial charge in [0.1, 0.15) is 11.4 Å². The summed E-state index contributed by atoms with van der Waals surface area (Å²) in [4.78, 5) is 32.1. The molecule has 0 aliphatic heterocycles. The van der Waals surface area contributed by atoms with Gasteiger partial charge in [-0.15, -0.1) is 0 Å². The zero-order valence-electron chi connectivity index (χ0n) is 19.3. The van der Waals surface area contributed by atoms with Gasteiger partial charge in [-0.1, -0.05) is 72.8 Å². The van der Waals surface area contributed by atoms with Crippen molar-refractivity contribution in [3.8, 4) is 5.75 Å². The van der Waals surface area contributed by atoms with Gasteiger partial charge < -0.3 is 9.30 Å². The summed E-state index contributed by atoms with van der Waals surface area (Å²) in [5.41, 5.74) is 3.61. The predicted octanol–water partition coefficient (Wildman–Crippen LogP) is 5.28. The third-order valence-electron chi connectivity index (χ3n) is 6.11. The number of fused-ring (bicyclic) bond motifs is 1. The maximum absolute atomic E-state index is 13.8. The van der Waals surface area contributed by atoms with Crippen LogP contribution in [0.25, 0.3) is 11.0 Å². The monoisotopic (exact) mass is 460 g/mol. The van der Waals surface area contributed by atoms with Crippen molar-refractivity contribution in [2.45, 2.75) is 13.0 Å². The van der Waals surface area contributed by atoms with Gasteiger partial charge in [0, 0.05) is 30.4 Å². The second-order valence-corrected chi connectivity index (χ2v) is 8.32. The van der Waals surface area contributed by atoms with Crippen LogP contribution in [0.4, 0.5) is 0 Å². The summed E-state index contributed by atoms with van der Waals surface area (Å²) in [6, 6.07) is 30.1. The standard InChI is InChI=1S/C30H24N2O3/c1-35-24-16-14-22(15-17-24)20-32-26(19-21-9-4-2-5-10-21)27(28(33)23-11-6-3-7-12-23)29(34)25-13-8-18-31-30(25)32/h2-18H,19-20H2,1H3. The number of rotatable bonds is 7. The van der Waals surface area contributed by atoms with Crippen LogP contribution in [0.2, 0.25) is 0 Å². The van der Waals surface area contributed by atoms with Crippen LogP contribution >= 0.6 is 0 Å². The fourth-order valence-corrected chi connectivity index (χ4v) is 4.34. The van der Waals surface area contributed by atoms with E-state index < -0.39 is 0 Å². The first-order valence-corrected chi connectivity index (χ1v) is 11.4. The van der Waals surface area contributed by atoms with E-state index in [0.717, 1.165) is 16.9 Å². The normalized spacial score (nSPS) is 10.9. The lowest BCUT2D eigenvalue weighted by Gasteiger charge is -2.20. The number of ether oxygens (including phenoxy) is 1. The number of hydrogen-bond donors (Lipinski definition) is 0. The summed E-state index contributed by atoms with van der Waals surface area (Å²) < 4.78 is 7.30. The molecule has 0 spiro atoms. The Hall–Kier alpha value is -4.51. The molecule has 0 atom stereocenters. The molecule has 0 radical (unpaired) electrons. The molecule has 0 unspecified atom stereocenters. The average molecular weight is 461 g/mol. The van der Waals surface area contributed by atoms with Gasteiger partial charge in [0.2, 0.25) is 5.43 Å². The Morgan fingerprint density at radius 1 is 0.829 bits per heavy atom. The Kier molecular flexibility index (Phi) is 6.22. The minimum absolute atomic E-state index is 0.189. The van der Waals surface area contributed by atoms with Gasteiger partial charge in [-0.2, -0.15) is 0 Å². The van der Waals surface area contributed by atoms with Crippen LogP contribution in [0.15, 0.2) is 108 Å². The van der Waals surface area contributed by atoms with E-state index in [1.165, 1.54) is 0 Å². The highest BCUT2D eigenvalue weighted by molar-refractivity contribution is 6.11. The highest BCUT2D eigenvalue weighted by Crippen LogP contribution is 2.23. The van der Waals surface area contributed by atoms with Crippen LogP contribution in [-0.2, 0) is 13.0 Å². The molecule has 0 aliphatic carbocycles. The van der Waals surface area contributed by atoms with Gasteiger partial charge in [0.25, 0.3) is 0 Å². The van der Waals surface area contributed by atoms with E-state index in [-0.39, 0.29) is 16.8 Å². The van der Waals surface area contributed by atoms with Crippen molar-refractivity contribution in [3.05, 3.63) is 141 Å². The number of carbonyl (C=O) groups excluding carboxylic acids is 1. The second kappa shape index (κ2) is 9.77. The van der Waals surface area contributed by atoms with Crippen LogP contribution in [0.3, 0.4) is 0 Å². The van der Waals surface area contributed by atoms with Gasteiger partial charge in [-0.25, -0.2) is 4.98 Å². The molecule has 0 amide bonds. The molecule has 172 valence electrons. The molecule has 5 rings (SSSR count). The van der Waals surface area contributed by atoms with Crippen molar-refractivity contribution in [3.63, 3.8) is 0 Å². The molecule has 5 aromatic rings. The molecular formula is C30H24N2O3. The summed E-state index contributed by atoms with van der Waals surface area (Å²) >= 11 is 0. The van der Waals surface area contributed by atoms with E-state index in [1.807, 2.05) is 77.4 Å². The van der Waals surface area contributed by atoms with E-state index in [0.29, 0.717) is 35.3 Å². The molecule has 3 aromatic carbocycles. The zero-order valence-corrected chi connectivity index (χ0v) is 19.3. The molecule has 5 nitrogen and oxygen atoms in total. The maximum Gasteiger partial charge on any atom is 0.202 e. The molecule has 2 heterocycles. The first-order valence-electron chi connectivity index (χ1n) is 11.4. The first kappa shape index (κ1) is 22.3. The summed E-state index contributed by atoms with van der Waals surface area (Å²) in [5, 5.41) is 0.428. The second-order valence-electron chi connectivity index (χ2n) is 8.32. The number of aromatic nitrogens is 2. The van der Waals surface area contributed by atoms with Crippen molar-refractivity contribution in [2.24, 2.45) is 0 Å². The van der Waals surface area contributed by atoms with Crippen LogP contribution in [0.1, 0.15) is 32.7 Å². The number of methoxy groups -OCH3 is 1. The van der Waals surface area contributed by atoms with E-state index in [2.05, 4.69) is 4.98 Å². The highest BCUT2D eigenvalue weighted by Gasteiger charge is 2.24. The predicted molar refractivity (Wildman–Crippen MR) is 137 cm³/mol. The van der Waals surface area contributed by atoms with E-state index >= 15 is 0 Å². The molecule has 5 heteroatoms. The van der Waals surface area contributed by atoms with Crippen molar-refractivity contribution in [1.82, 2.24) is 9.55 Å². The van der Waals surface area contributed by atoms with Crippen molar-refractivity contribution < 1.29 is 9.53 Å².